The van der Waals surface area contributed by atoms with Crippen LogP contribution in [0.25, 0.3) is 0 Å². The van der Waals surface area contributed by atoms with E-state index in [1.54, 1.807) is 7.11 Å². The van der Waals surface area contributed by atoms with Crippen LogP contribution in [0.3, 0.4) is 0 Å². The molecule has 19 heavy (non-hydrogen) atoms. The molecular formula is C14H21BrN2O2. The summed E-state index contributed by atoms with van der Waals surface area (Å²) in [6.45, 7) is 4.33. The molecule has 0 heterocycles. The van der Waals surface area contributed by atoms with Gasteiger partial charge in [-0.05, 0) is 31.0 Å². The summed E-state index contributed by atoms with van der Waals surface area (Å²) in [4.78, 5) is 12.2. The van der Waals surface area contributed by atoms with E-state index in [1.165, 1.54) is 0 Å². The molecule has 0 spiro atoms. The normalized spacial score (nSPS) is 12.1. The summed E-state index contributed by atoms with van der Waals surface area (Å²) in [5.41, 5.74) is 7.31. The third-order valence-electron chi connectivity index (χ3n) is 3.02. The molecular weight excluding hydrogens is 308 g/mol. The summed E-state index contributed by atoms with van der Waals surface area (Å²) in [5.74, 6) is 0.443. The lowest BCUT2D eigenvalue weighted by atomic mass is 10.0. The summed E-state index contributed by atoms with van der Waals surface area (Å²) < 4.78 is 6.23. The van der Waals surface area contributed by atoms with Crippen LogP contribution in [0.1, 0.15) is 25.3 Å². The van der Waals surface area contributed by atoms with E-state index in [0.29, 0.717) is 18.0 Å². The number of hydrogen-bond acceptors (Lipinski definition) is 3. The summed E-state index contributed by atoms with van der Waals surface area (Å²) in [6.07, 6.45) is 1.73. The molecule has 1 atom stereocenters. The maximum Gasteiger partial charge on any atom is 0.228 e. The maximum atomic E-state index is 12.2. The quantitative estimate of drug-likeness (QED) is 0.843. The smallest absolute Gasteiger partial charge is 0.228 e. The number of carbonyl (C=O) groups is 1. The lowest BCUT2D eigenvalue weighted by Gasteiger charge is -2.17. The van der Waals surface area contributed by atoms with Gasteiger partial charge < -0.3 is 15.8 Å². The average Bonchev–Trinajstić information content (AvgIpc) is 2.38. The van der Waals surface area contributed by atoms with Crippen molar-refractivity contribution in [3.05, 3.63) is 22.2 Å². The number of nitrogens with one attached hydrogen (secondary N) is 1. The number of benzene rings is 1. The van der Waals surface area contributed by atoms with E-state index in [0.717, 1.165) is 22.9 Å². The first-order valence-corrected chi connectivity index (χ1v) is 7.17. The number of aryl methyl sites for hydroxylation is 1. The van der Waals surface area contributed by atoms with Gasteiger partial charge in [-0.25, -0.2) is 0 Å². The van der Waals surface area contributed by atoms with Crippen molar-refractivity contribution >= 4 is 27.5 Å². The van der Waals surface area contributed by atoms with Gasteiger partial charge in [-0.2, -0.15) is 0 Å². The standard InChI is InChI=1S/C14H21BrN2O2/c1-4-5-10(8-16)14(18)17-13-9(2)6-11(15)7-12(13)19-3/h6-7,10H,4-5,8,16H2,1-3H3,(H,17,18). The Hall–Kier alpha value is -1.07. The molecule has 3 N–H and O–H groups in total. The molecule has 0 aliphatic heterocycles. The molecule has 0 aliphatic carbocycles. The molecule has 1 amide bonds. The number of amides is 1. The Bertz CT molecular complexity index is 449. The second-order valence-electron chi connectivity index (χ2n) is 4.51. The Balaban J connectivity index is 2.95. The first-order chi connectivity index (χ1) is 9.03. The fourth-order valence-electron chi connectivity index (χ4n) is 1.96. The van der Waals surface area contributed by atoms with Gasteiger partial charge in [0.05, 0.1) is 18.7 Å². The Labute approximate surface area is 122 Å². The van der Waals surface area contributed by atoms with Crippen LogP contribution >= 0.6 is 15.9 Å². The lowest BCUT2D eigenvalue weighted by Crippen LogP contribution is -2.29. The number of halogens is 1. The summed E-state index contributed by atoms with van der Waals surface area (Å²) in [5, 5.41) is 2.93. The van der Waals surface area contributed by atoms with Crippen molar-refractivity contribution < 1.29 is 9.53 Å². The number of nitrogens with two attached hydrogens (primary N) is 1. The van der Waals surface area contributed by atoms with Crippen LogP contribution in [0.5, 0.6) is 5.75 Å². The number of ether oxygens (including phenoxy) is 1. The van der Waals surface area contributed by atoms with Gasteiger partial charge >= 0.3 is 0 Å². The van der Waals surface area contributed by atoms with Crippen molar-refractivity contribution in [3.63, 3.8) is 0 Å². The Morgan fingerprint density at radius 2 is 2.21 bits per heavy atom. The van der Waals surface area contributed by atoms with E-state index in [1.807, 2.05) is 26.0 Å². The molecule has 1 unspecified atom stereocenters. The lowest BCUT2D eigenvalue weighted by molar-refractivity contribution is -0.119. The van der Waals surface area contributed by atoms with Crippen LogP contribution in [0.4, 0.5) is 5.69 Å². The Kier molecular flexibility index (Phi) is 6.31. The van der Waals surface area contributed by atoms with Crippen LogP contribution < -0.4 is 15.8 Å². The van der Waals surface area contributed by atoms with Crippen molar-refractivity contribution in [3.8, 4) is 5.75 Å². The van der Waals surface area contributed by atoms with Crippen molar-refractivity contribution in [2.75, 3.05) is 19.0 Å². The molecule has 0 saturated heterocycles. The van der Waals surface area contributed by atoms with Crippen LogP contribution in [-0.2, 0) is 4.79 Å². The minimum atomic E-state index is -0.155. The number of rotatable bonds is 6. The van der Waals surface area contributed by atoms with E-state index in [-0.39, 0.29) is 11.8 Å². The molecule has 5 heteroatoms. The fourth-order valence-corrected chi connectivity index (χ4v) is 2.51. The van der Waals surface area contributed by atoms with E-state index in [4.69, 9.17) is 10.5 Å². The first-order valence-electron chi connectivity index (χ1n) is 6.38. The number of hydrogen-bond donors (Lipinski definition) is 2. The number of methoxy groups -OCH3 is 1. The maximum absolute atomic E-state index is 12.2. The predicted octanol–water partition coefficient (Wildman–Crippen LogP) is 3.08. The SMILES string of the molecule is CCCC(CN)C(=O)Nc1c(C)cc(Br)cc1OC. The second-order valence-corrected chi connectivity index (χ2v) is 5.43. The van der Waals surface area contributed by atoms with E-state index in [2.05, 4.69) is 21.2 Å². The fraction of sp³-hybridized carbons (Fsp3) is 0.500. The van der Waals surface area contributed by atoms with Gasteiger partial charge in [0.15, 0.2) is 0 Å². The third kappa shape index (κ3) is 4.21. The van der Waals surface area contributed by atoms with Crippen LogP contribution in [0, 0.1) is 12.8 Å². The average molecular weight is 329 g/mol. The molecule has 1 rings (SSSR count). The molecule has 1 aromatic rings. The van der Waals surface area contributed by atoms with E-state index < -0.39 is 0 Å². The zero-order valence-electron chi connectivity index (χ0n) is 11.6. The number of anilines is 1. The predicted molar refractivity (Wildman–Crippen MR) is 81.5 cm³/mol. The molecule has 0 fully saturated rings. The molecule has 0 aliphatic rings. The summed E-state index contributed by atoms with van der Waals surface area (Å²) >= 11 is 3.41. The van der Waals surface area contributed by atoms with Gasteiger partial charge in [0, 0.05) is 11.0 Å². The van der Waals surface area contributed by atoms with Gasteiger partial charge in [0.2, 0.25) is 5.91 Å². The van der Waals surface area contributed by atoms with Gasteiger partial charge in [0.25, 0.3) is 0 Å². The van der Waals surface area contributed by atoms with E-state index in [9.17, 15) is 4.79 Å². The minimum Gasteiger partial charge on any atom is -0.495 e. The second kappa shape index (κ2) is 7.50. The van der Waals surface area contributed by atoms with Gasteiger partial charge in [-0.1, -0.05) is 29.3 Å². The van der Waals surface area contributed by atoms with Crippen LogP contribution in [0.15, 0.2) is 16.6 Å². The molecule has 106 valence electrons. The zero-order chi connectivity index (χ0) is 14.4. The highest BCUT2D eigenvalue weighted by Gasteiger charge is 2.18. The summed E-state index contributed by atoms with van der Waals surface area (Å²) in [7, 11) is 1.59. The largest absolute Gasteiger partial charge is 0.495 e. The number of carbonyl (C=O) groups excluding carboxylic acids is 1. The summed E-state index contributed by atoms with van der Waals surface area (Å²) in [6, 6.07) is 3.77. The highest BCUT2D eigenvalue weighted by molar-refractivity contribution is 9.10. The van der Waals surface area contributed by atoms with Crippen molar-refractivity contribution in [1.29, 1.82) is 0 Å². The van der Waals surface area contributed by atoms with Gasteiger partial charge in [0.1, 0.15) is 5.75 Å². The molecule has 1 aromatic carbocycles. The minimum absolute atomic E-state index is 0.0481. The molecule has 0 bridgehead atoms. The molecule has 0 saturated carbocycles. The highest BCUT2D eigenvalue weighted by atomic mass is 79.9. The van der Waals surface area contributed by atoms with E-state index >= 15 is 0 Å². The van der Waals surface area contributed by atoms with Crippen molar-refractivity contribution in [2.24, 2.45) is 11.7 Å². The third-order valence-corrected chi connectivity index (χ3v) is 3.48. The monoisotopic (exact) mass is 328 g/mol. The molecule has 4 nitrogen and oxygen atoms in total. The topological polar surface area (TPSA) is 64.4 Å². The zero-order valence-corrected chi connectivity index (χ0v) is 13.2. The van der Waals surface area contributed by atoms with Crippen molar-refractivity contribution in [1.82, 2.24) is 0 Å². The van der Waals surface area contributed by atoms with Crippen molar-refractivity contribution in [2.45, 2.75) is 26.7 Å². The Morgan fingerprint density at radius 1 is 1.53 bits per heavy atom. The Morgan fingerprint density at radius 3 is 2.74 bits per heavy atom. The highest BCUT2D eigenvalue weighted by Crippen LogP contribution is 2.32. The van der Waals surface area contributed by atoms with Gasteiger partial charge in [-0.3, -0.25) is 4.79 Å². The van der Waals surface area contributed by atoms with Crippen LogP contribution in [-0.4, -0.2) is 19.6 Å². The first kappa shape index (κ1) is 16.0. The molecule has 0 aromatic heterocycles. The van der Waals surface area contributed by atoms with Gasteiger partial charge in [-0.15, -0.1) is 0 Å². The van der Waals surface area contributed by atoms with Crippen LogP contribution in [0.2, 0.25) is 0 Å². The molecule has 0 radical (unpaired) electrons.